The molecular weight excluding hydrogens is 390 g/mol. The normalized spacial score (nSPS) is 17.7. The molecule has 3 rings (SSSR count). The molecule has 2 atom stereocenters. The van der Waals surface area contributed by atoms with Crippen LogP contribution in [0.25, 0.3) is 0 Å². The van der Waals surface area contributed by atoms with Gasteiger partial charge in [0.2, 0.25) is 17.7 Å². The molecule has 1 heterocycles. The average molecular weight is 420 g/mol. The highest BCUT2D eigenvalue weighted by Gasteiger charge is 2.43. The smallest absolute Gasteiger partial charge is 0.243 e. The zero-order valence-electron chi connectivity index (χ0n) is 17.6. The zero-order valence-corrected chi connectivity index (χ0v) is 17.6. The molecule has 2 aromatic rings. The van der Waals surface area contributed by atoms with Crippen molar-refractivity contribution in [2.24, 2.45) is 0 Å². The number of amides is 3. The number of allylic oxidation sites excluding steroid dienone is 1. The molecule has 6 heteroatoms. The second-order valence-electron chi connectivity index (χ2n) is 7.64. The number of likely N-dealkylation sites (tertiary alicyclic amines) is 1. The first kappa shape index (κ1) is 22.3. The minimum absolute atomic E-state index is 0.197. The van der Waals surface area contributed by atoms with Crippen molar-refractivity contribution in [1.29, 1.82) is 0 Å². The molecule has 3 amide bonds. The minimum Gasteiger partial charge on any atom is -0.350 e. The van der Waals surface area contributed by atoms with Gasteiger partial charge in [0, 0.05) is 19.5 Å². The number of carbonyl (C=O) groups is 3. The van der Waals surface area contributed by atoms with Crippen LogP contribution in [0.4, 0.5) is 0 Å². The second kappa shape index (κ2) is 11.1. The van der Waals surface area contributed by atoms with E-state index in [0.29, 0.717) is 32.4 Å². The maximum atomic E-state index is 12.9. The molecule has 1 aliphatic heterocycles. The molecule has 0 saturated carbocycles. The number of nitrogens with one attached hydrogen (secondary N) is 2. The summed E-state index contributed by atoms with van der Waals surface area (Å²) in [6, 6.07) is 17.9. The van der Waals surface area contributed by atoms with Crippen LogP contribution in [0.2, 0.25) is 0 Å². The first-order valence-electron chi connectivity index (χ1n) is 10.7. The van der Waals surface area contributed by atoms with E-state index in [2.05, 4.69) is 17.2 Å². The van der Waals surface area contributed by atoms with Crippen LogP contribution in [0.3, 0.4) is 0 Å². The summed E-state index contributed by atoms with van der Waals surface area (Å²) in [7, 11) is 0. The first-order chi connectivity index (χ1) is 15.1. The predicted octanol–water partition coefficient (Wildman–Crippen LogP) is 2.95. The highest BCUT2D eigenvalue weighted by molar-refractivity contribution is 5.94. The van der Waals surface area contributed by atoms with Crippen LogP contribution in [-0.2, 0) is 27.5 Å². The topological polar surface area (TPSA) is 78.5 Å². The van der Waals surface area contributed by atoms with E-state index in [1.54, 1.807) is 6.08 Å². The Morgan fingerprint density at radius 3 is 1.71 bits per heavy atom. The zero-order chi connectivity index (χ0) is 22.1. The van der Waals surface area contributed by atoms with E-state index in [-0.39, 0.29) is 24.1 Å². The third-order valence-electron chi connectivity index (χ3n) is 5.46. The maximum Gasteiger partial charge on any atom is 0.243 e. The fraction of sp³-hybridized carbons (Fsp3) is 0.320. The van der Waals surface area contributed by atoms with Crippen LogP contribution < -0.4 is 10.6 Å². The fourth-order valence-corrected chi connectivity index (χ4v) is 3.83. The van der Waals surface area contributed by atoms with Gasteiger partial charge in [-0.05, 0) is 30.4 Å². The molecule has 0 spiro atoms. The van der Waals surface area contributed by atoms with Crippen LogP contribution in [0.1, 0.15) is 36.8 Å². The summed E-state index contributed by atoms with van der Waals surface area (Å²) in [5.74, 6) is -0.652. The van der Waals surface area contributed by atoms with Crippen molar-refractivity contribution < 1.29 is 14.4 Å². The molecular formula is C25H29N3O3. The van der Waals surface area contributed by atoms with Crippen molar-refractivity contribution in [2.45, 2.75) is 50.9 Å². The van der Waals surface area contributed by atoms with Crippen LogP contribution in [0.15, 0.2) is 73.3 Å². The molecule has 2 aromatic carbocycles. The number of rotatable bonds is 9. The first-order valence-corrected chi connectivity index (χ1v) is 10.7. The Bertz CT molecular complexity index is 835. The summed E-state index contributed by atoms with van der Waals surface area (Å²) in [6.07, 6.45) is 3.33. The van der Waals surface area contributed by atoms with Gasteiger partial charge in [0.15, 0.2) is 0 Å². The molecule has 1 saturated heterocycles. The largest absolute Gasteiger partial charge is 0.350 e. The number of carbonyl (C=O) groups excluding carboxylic acids is 3. The minimum atomic E-state index is -0.645. The Hall–Kier alpha value is -3.41. The van der Waals surface area contributed by atoms with E-state index in [4.69, 9.17) is 0 Å². The lowest BCUT2D eigenvalue weighted by Crippen LogP contribution is -2.53. The molecule has 0 aromatic heterocycles. The molecule has 0 unspecified atom stereocenters. The second-order valence-corrected chi connectivity index (χ2v) is 7.64. The van der Waals surface area contributed by atoms with Gasteiger partial charge in [-0.25, -0.2) is 0 Å². The van der Waals surface area contributed by atoms with Gasteiger partial charge in [0.25, 0.3) is 0 Å². The lowest BCUT2D eigenvalue weighted by molar-refractivity contribution is -0.144. The highest BCUT2D eigenvalue weighted by atomic mass is 16.2. The summed E-state index contributed by atoms with van der Waals surface area (Å²) in [5, 5.41) is 5.83. The molecule has 0 bridgehead atoms. The van der Waals surface area contributed by atoms with Crippen molar-refractivity contribution in [1.82, 2.24) is 15.5 Å². The Morgan fingerprint density at radius 2 is 1.29 bits per heavy atom. The molecule has 6 nitrogen and oxygen atoms in total. The third kappa shape index (κ3) is 6.04. The lowest BCUT2D eigenvalue weighted by Gasteiger charge is -2.29. The van der Waals surface area contributed by atoms with Gasteiger partial charge in [-0.3, -0.25) is 14.4 Å². The Labute approximate surface area is 183 Å². The number of benzene rings is 2. The number of hydrogen-bond donors (Lipinski definition) is 2. The Morgan fingerprint density at radius 1 is 0.839 bits per heavy atom. The van der Waals surface area contributed by atoms with E-state index < -0.39 is 12.1 Å². The van der Waals surface area contributed by atoms with Gasteiger partial charge < -0.3 is 15.5 Å². The standard InChI is InChI=1S/C25H29N3O3/c1-2-3-14-23(29)28-21(24(30)26-17-19-10-6-4-7-11-19)15-16-22(28)25(31)27-18-20-12-8-5-9-13-20/h2,4-13,21-22H,1,3,14-18H2,(H,26,30)(H,27,31)/t21-,22+. The molecule has 0 aliphatic carbocycles. The summed E-state index contributed by atoms with van der Waals surface area (Å²) in [5.41, 5.74) is 1.96. The molecule has 2 N–H and O–H groups in total. The molecule has 0 radical (unpaired) electrons. The van der Waals surface area contributed by atoms with Crippen LogP contribution >= 0.6 is 0 Å². The number of hydrogen-bond acceptors (Lipinski definition) is 3. The van der Waals surface area contributed by atoms with E-state index in [1.807, 2.05) is 60.7 Å². The summed E-state index contributed by atoms with van der Waals surface area (Å²) in [6.45, 7) is 4.43. The van der Waals surface area contributed by atoms with Gasteiger partial charge >= 0.3 is 0 Å². The van der Waals surface area contributed by atoms with Crippen molar-refractivity contribution in [2.75, 3.05) is 0 Å². The fourth-order valence-electron chi connectivity index (χ4n) is 3.83. The van der Waals surface area contributed by atoms with Crippen LogP contribution in [0, 0.1) is 0 Å². The molecule has 1 fully saturated rings. The van der Waals surface area contributed by atoms with E-state index in [9.17, 15) is 14.4 Å². The van der Waals surface area contributed by atoms with E-state index in [0.717, 1.165) is 11.1 Å². The monoisotopic (exact) mass is 419 g/mol. The van der Waals surface area contributed by atoms with Gasteiger partial charge in [-0.15, -0.1) is 6.58 Å². The van der Waals surface area contributed by atoms with Crippen LogP contribution in [-0.4, -0.2) is 34.7 Å². The average Bonchev–Trinajstić information content (AvgIpc) is 3.26. The van der Waals surface area contributed by atoms with E-state index >= 15 is 0 Å². The maximum absolute atomic E-state index is 12.9. The summed E-state index contributed by atoms with van der Waals surface area (Å²) in [4.78, 5) is 40.2. The van der Waals surface area contributed by atoms with Crippen molar-refractivity contribution in [3.8, 4) is 0 Å². The van der Waals surface area contributed by atoms with Gasteiger partial charge in [-0.2, -0.15) is 0 Å². The summed E-state index contributed by atoms with van der Waals surface area (Å²) >= 11 is 0. The highest BCUT2D eigenvalue weighted by Crippen LogP contribution is 2.26. The van der Waals surface area contributed by atoms with E-state index in [1.165, 1.54) is 4.90 Å². The van der Waals surface area contributed by atoms with Gasteiger partial charge in [-0.1, -0.05) is 66.7 Å². The van der Waals surface area contributed by atoms with Crippen molar-refractivity contribution in [3.63, 3.8) is 0 Å². The SMILES string of the molecule is C=CCCC(=O)N1[C@@H](C(=O)NCc2ccccc2)CC[C@H]1C(=O)NCc1ccccc1. The molecule has 1 aliphatic rings. The van der Waals surface area contributed by atoms with Crippen LogP contribution in [0.5, 0.6) is 0 Å². The molecule has 162 valence electrons. The lowest BCUT2D eigenvalue weighted by atomic mass is 10.1. The van der Waals surface area contributed by atoms with Crippen molar-refractivity contribution in [3.05, 3.63) is 84.4 Å². The molecule has 31 heavy (non-hydrogen) atoms. The van der Waals surface area contributed by atoms with Crippen molar-refractivity contribution >= 4 is 17.7 Å². The van der Waals surface area contributed by atoms with Gasteiger partial charge in [0.05, 0.1) is 0 Å². The Kier molecular flexibility index (Phi) is 7.98. The van der Waals surface area contributed by atoms with Gasteiger partial charge in [0.1, 0.15) is 12.1 Å². The third-order valence-corrected chi connectivity index (χ3v) is 5.46. The number of nitrogens with zero attached hydrogens (tertiary/aromatic N) is 1. The quantitative estimate of drug-likeness (QED) is 0.614. The predicted molar refractivity (Wildman–Crippen MR) is 120 cm³/mol. The Balaban J connectivity index is 1.67. The summed E-state index contributed by atoms with van der Waals surface area (Å²) < 4.78 is 0.